The second-order valence-corrected chi connectivity index (χ2v) is 6.90. The van der Waals surface area contributed by atoms with E-state index >= 15 is 0 Å². The summed E-state index contributed by atoms with van der Waals surface area (Å²) < 4.78 is 22.1. The van der Waals surface area contributed by atoms with E-state index < -0.39 is 21.8 Å². The zero-order valence-electron chi connectivity index (χ0n) is 10.4. The third-order valence-corrected chi connectivity index (χ3v) is 3.57. The van der Waals surface area contributed by atoms with Crippen molar-refractivity contribution in [1.29, 1.82) is 0 Å². The van der Waals surface area contributed by atoms with Gasteiger partial charge in [-0.3, -0.25) is 4.79 Å². The largest absolute Gasteiger partial charge is 0.393 e. The zero-order valence-corrected chi connectivity index (χ0v) is 12.0. The minimum Gasteiger partial charge on any atom is -0.393 e. The molecule has 5 nitrogen and oxygen atoms in total. The highest BCUT2D eigenvalue weighted by Gasteiger charge is 2.22. The second kappa shape index (κ2) is 6.90. The number of thiocarbonyl (C=S) groups is 1. The Bertz CT molecular complexity index is 379. The Labute approximate surface area is 108 Å². The Morgan fingerprint density at radius 3 is 2.35 bits per heavy atom. The van der Waals surface area contributed by atoms with Crippen LogP contribution in [0.3, 0.4) is 0 Å². The van der Waals surface area contributed by atoms with Gasteiger partial charge in [-0.25, -0.2) is 8.42 Å². The van der Waals surface area contributed by atoms with Crippen molar-refractivity contribution in [2.75, 3.05) is 12.0 Å². The van der Waals surface area contributed by atoms with Gasteiger partial charge in [0.1, 0.15) is 9.84 Å². The lowest BCUT2D eigenvalue weighted by molar-refractivity contribution is -0.123. The molecule has 2 atom stereocenters. The van der Waals surface area contributed by atoms with Crippen LogP contribution in [-0.4, -0.2) is 37.4 Å². The molecule has 0 heterocycles. The van der Waals surface area contributed by atoms with Gasteiger partial charge >= 0.3 is 0 Å². The first-order valence-electron chi connectivity index (χ1n) is 5.44. The fraction of sp³-hybridized carbons (Fsp3) is 0.800. The summed E-state index contributed by atoms with van der Waals surface area (Å²) in [7, 11) is -3.11. The molecule has 100 valence electrons. The molecule has 7 heteroatoms. The number of hydrogen-bond donors (Lipinski definition) is 2. The molecular formula is C10H20N2O3S2. The molecule has 0 aliphatic carbocycles. The van der Waals surface area contributed by atoms with Crippen LogP contribution in [-0.2, 0) is 14.6 Å². The smallest absolute Gasteiger partial charge is 0.230 e. The molecule has 0 aliphatic rings. The summed E-state index contributed by atoms with van der Waals surface area (Å²) in [5.74, 6) is -0.901. The third kappa shape index (κ3) is 7.27. The second-order valence-electron chi connectivity index (χ2n) is 4.25. The van der Waals surface area contributed by atoms with E-state index in [1.54, 1.807) is 6.92 Å². The Balaban J connectivity index is 4.45. The van der Waals surface area contributed by atoms with Crippen LogP contribution >= 0.6 is 12.2 Å². The summed E-state index contributed by atoms with van der Waals surface area (Å²) in [5.41, 5.74) is 5.48. The van der Waals surface area contributed by atoms with Gasteiger partial charge in [0.05, 0.1) is 16.7 Å². The van der Waals surface area contributed by atoms with Crippen molar-refractivity contribution in [2.24, 2.45) is 11.7 Å². The molecule has 0 aromatic carbocycles. The predicted molar refractivity (Wildman–Crippen MR) is 72.5 cm³/mol. The molecule has 0 rings (SSSR count). The maximum Gasteiger partial charge on any atom is 0.230 e. The van der Waals surface area contributed by atoms with Gasteiger partial charge in [0.25, 0.3) is 0 Å². The van der Waals surface area contributed by atoms with E-state index in [2.05, 4.69) is 5.32 Å². The van der Waals surface area contributed by atoms with Crippen LogP contribution in [0.25, 0.3) is 0 Å². The monoisotopic (exact) mass is 280 g/mol. The van der Waals surface area contributed by atoms with E-state index in [0.717, 1.165) is 12.7 Å². The van der Waals surface area contributed by atoms with Crippen LogP contribution in [0.4, 0.5) is 0 Å². The summed E-state index contributed by atoms with van der Waals surface area (Å²) in [4.78, 5) is 11.9. The van der Waals surface area contributed by atoms with E-state index in [0.29, 0.717) is 6.42 Å². The normalized spacial score (nSPS) is 15.0. The summed E-state index contributed by atoms with van der Waals surface area (Å²) in [6.07, 6.45) is 2.50. The number of nitrogens with two attached hydrogens (primary N) is 1. The van der Waals surface area contributed by atoms with E-state index in [9.17, 15) is 13.2 Å². The molecule has 0 saturated heterocycles. The summed E-state index contributed by atoms with van der Waals surface area (Å²) in [6.45, 7) is 3.57. The van der Waals surface area contributed by atoms with Gasteiger partial charge in [0.2, 0.25) is 5.91 Å². The number of sulfone groups is 1. The lowest BCUT2D eigenvalue weighted by Gasteiger charge is -2.18. The van der Waals surface area contributed by atoms with Gasteiger partial charge in [-0.05, 0) is 13.3 Å². The third-order valence-electron chi connectivity index (χ3n) is 2.18. The van der Waals surface area contributed by atoms with Crippen molar-refractivity contribution in [3.05, 3.63) is 0 Å². The van der Waals surface area contributed by atoms with Crippen LogP contribution < -0.4 is 11.1 Å². The highest BCUT2D eigenvalue weighted by atomic mass is 32.2. The van der Waals surface area contributed by atoms with Gasteiger partial charge in [0, 0.05) is 12.3 Å². The van der Waals surface area contributed by atoms with Crippen molar-refractivity contribution in [2.45, 2.75) is 32.7 Å². The Hall–Kier alpha value is -0.690. The molecule has 0 aromatic heterocycles. The maximum absolute atomic E-state index is 11.8. The van der Waals surface area contributed by atoms with Crippen LogP contribution in [0, 0.1) is 5.92 Å². The van der Waals surface area contributed by atoms with E-state index in [1.165, 1.54) is 0 Å². The molecule has 0 saturated carbocycles. The minimum atomic E-state index is -3.11. The Morgan fingerprint density at radius 1 is 1.47 bits per heavy atom. The van der Waals surface area contributed by atoms with Crippen LogP contribution in [0.2, 0.25) is 0 Å². The lowest BCUT2D eigenvalue weighted by Crippen LogP contribution is -2.44. The number of carbonyl (C=O) groups excluding carboxylic acids is 1. The van der Waals surface area contributed by atoms with E-state index in [4.69, 9.17) is 18.0 Å². The van der Waals surface area contributed by atoms with Gasteiger partial charge in [-0.15, -0.1) is 0 Å². The van der Waals surface area contributed by atoms with Gasteiger partial charge < -0.3 is 11.1 Å². The molecule has 0 bridgehead atoms. The molecule has 3 N–H and O–H groups in total. The molecule has 1 amide bonds. The Kier molecular flexibility index (Phi) is 6.62. The van der Waals surface area contributed by atoms with E-state index in [1.807, 2.05) is 6.92 Å². The van der Waals surface area contributed by atoms with Gasteiger partial charge in [0.15, 0.2) is 0 Å². The van der Waals surface area contributed by atoms with E-state index in [-0.39, 0.29) is 16.6 Å². The number of amides is 1. The fourth-order valence-electron chi connectivity index (χ4n) is 1.53. The van der Waals surface area contributed by atoms with Gasteiger partial charge in [-0.1, -0.05) is 25.6 Å². The lowest BCUT2D eigenvalue weighted by atomic mass is 10.0. The first-order chi connectivity index (χ1) is 7.67. The highest BCUT2D eigenvalue weighted by molar-refractivity contribution is 7.90. The van der Waals surface area contributed by atoms with Crippen LogP contribution in [0.5, 0.6) is 0 Å². The first-order valence-corrected chi connectivity index (χ1v) is 7.91. The van der Waals surface area contributed by atoms with Crippen LogP contribution in [0.1, 0.15) is 26.7 Å². The average molecular weight is 280 g/mol. The van der Waals surface area contributed by atoms with Crippen molar-refractivity contribution in [1.82, 2.24) is 5.32 Å². The molecule has 0 radical (unpaired) electrons. The highest BCUT2D eigenvalue weighted by Crippen LogP contribution is 2.07. The van der Waals surface area contributed by atoms with Crippen molar-refractivity contribution < 1.29 is 13.2 Å². The predicted octanol–water partition coefficient (Wildman–Crippen LogP) is 0.238. The summed E-state index contributed by atoms with van der Waals surface area (Å²) in [6, 6.07) is -0.439. The average Bonchev–Trinajstić information content (AvgIpc) is 2.09. The fourth-order valence-corrected chi connectivity index (χ4v) is 2.75. The molecule has 2 unspecified atom stereocenters. The molecule has 0 spiro atoms. The molecule has 17 heavy (non-hydrogen) atoms. The standard InChI is InChI=1S/C10H20N2O3S2/c1-4-5-8(9(11)16)10(13)12-7(2)6-17(3,14)15/h7-8H,4-6H2,1-3H3,(H2,11,16)(H,12,13). The number of carbonyl (C=O) groups is 1. The molecule has 0 fully saturated rings. The van der Waals surface area contributed by atoms with Gasteiger partial charge in [-0.2, -0.15) is 0 Å². The molecular weight excluding hydrogens is 260 g/mol. The Morgan fingerprint density at radius 2 is 2.00 bits per heavy atom. The first kappa shape index (κ1) is 16.3. The maximum atomic E-state index is 11.8. The molecule has 0 aromatic rings. The van der Waals surface area contributed by atoms with Crippen molar-refractivity contribution in [3.8, 4) is 0 Å². The minimum absolute atomic E-state index is 0.0884. The van der Waals surface area contributed by atoms with Crippen molar-refractivity contribution in [3.63, 3.8) is 0 Å². The van der Waals surface area contributed by atoms with Crippen LogP contribution in [0.15, 0.2) is 0 Å². The SMILES string of the molecule is CCCC(C(=O)NC(C)CS(C)(=O)=O)C(N)=S. The molecule has 0 aliphatic heterocycles. The number of nitrogens with one attached hydrogen (secondary N) is 1. The van der Waals surface area contributed by atoms with Crippen molar-refractivity contribution >= 4 is 33.0 Å². The number of hydrogen-bond acceptors (Lipinski definition) is 4. The zero-order chi connectivity index (χ0) is 13.6. The summed E-state index contributed by atoms with van der Waals surface area (Å²) in [5, 5.41) is 2.62. The quantitative estimate of drug-likeness (QED) is 0.652. The number of rotatable bonds is 7. The summed E-state index contributed by atoms with van der Waals surface area (Å²) >= 11 is 4.82. The topological polar surface area (TPSA) is 89.3 Å².